The van der Waals surface area contributed by atoms with Gasteiger partial charge in [-0.05, 0) is 74.4 Å². The van der Waals surface area contributed by atoms with Crippen molar-refractivity contribution in [3.63, 3.8) is 0 Å². The summed E-state index contributed by atoms with van der Waals surface area (Å²) in [5, 5.41) is 0. The van der Waals surface area contributed by atoms with E-state index in [0.29, 0.717) is 23.8 Å². The second kappa shape index (κ2) is 11.4. The Balaban J connectivity index is 1.59. The highest BCUT2D eigenvalue weighted by Crippen LogP contribution is 2.22. The minimum Gasteiger partial charge on any atom is -0.494 e. The Morgan fingerprint density at radius 1 is 0.857 bits per heavy atom. The van der Waals surface area contributed by atoms with E-state index in [1.165, 1.54) is 24.3 Å². The van der Waals surface area contributed by atoms with Gasteiger partial charge in [0.05, 0.1) is 11.5 Å². The highest BCUT2D eigenvalue weighted by Gasteiger charge is 2.17. The van der Waals surface area contributed by atoms with E-state index >= 15 is 0 Å². The number of sulfonamides is 1. The largest absolute Gasteiger partial charge is 0.494 e. The Bertz CT molecular complexity index is 1290. The third-order valence-corrected chi connectivity index (χ3v) is 6.27. The maximum absolute atomic E-state index is 12.8. The molecule has 0 spiro atoms. The number of nitrogens with one attached hydrogen (secondary N) is 3. The molecular weight excluding hydrogens is 470 g/mol. The van der Waals surface area contributed by atoms with Crippen molar-refractivity contribution in [1.82, 2.24) is 10.9 Å². The number of carbonyl (C=O) groups excluding carboxylic acids is 2. The van der Waals surface area contributed by atoms with Crippen molar-refractivity contribution in [3.8, 4) is 11.5 Å². The van der Waals surface area contributed by atoms with Crippen molar-refractivity contribution in [1.29, 1.82) is 0 Å². The van der Waals surface area contributed by atoms with Crippen LogP contribution in [0.4, 0.5) is 5.69 Å². The summed E-state index contributed by atoms with van der Waals surface area (Å²) < 4.78 is 38.9. The Hall–Kier alpha value is -4.05. The van der Waals surface area contributed by atoms with Gasteiger partial charge in [-0.2, -0.15) is 0 Å². The molecule has 0 aliphatic heterocycles. The van der Waals surface area contributed by atoms with E-state index < -0.39 is 21.8 Å². The summed E-state index contributed by atoms with van der Waals surface area (Å²) >= 11 is 0. The van der Waals surface area contributed by atoms with E-state index in [1.807, 2.05) is 39.0 Å². The van der Waals surface area contributed by atoms with Gasteiger partial charge in [0.2, 0.25) is 0 Å². The molecule has 0 unspecified atom stereocenters. The van der Waals surface area contributed by atoms with E-state index in [2.05, 4.69) is 15.6 Å². The molecule has 0 saturated carbocycles. The molecule has 3 aromatic rings. The Morgan fingerprint density at radius 3 is 2.17 bits per heavy atom. The third kappa shape index (κ3) is 6.97. The predicted octanol–water partition coefficient (Wildman–Crippen LogP) is 3.34. The molecule has 2 amide bonds. The van der Waals surface area contributed by atoms with Gasteiger partial charge in [0.15, 0.2) is 6.61 Å². The summed E-state index contributed by atoms with van der Waals surface area (Å²) in [7, 11) is -3.95. The van der Waals surface area contributed by atoms with Crippen LogP contribution in [0.5, 0.6) is 11.5 Å². The van der Waals surface area contributed by atoms with Gasteiger partial charge in [0.1, 0.15) is 11.5 Å². The van der Waals surface area contributed by atoms with Crippen LogP contribution in [-0.4, -0.2) is 33.4 Å². The van der Waals surface area contributed by atoms with Crippen LogP contribution in [0.3, 0.4) is 0 Å². The lowest BCUT2D eigenvalue weighted by Gasteiger charge is -2.13. The van der Waals surface area contributed by atoms with Gasteiger partial charge in [-0.1, -0.05) is 24.3 Å². The molecule has 0 fully saturated rings. The number of hydrazine groups is 1. The maximum atomic E-state index is 12.8. The first kappa shape index (κ1) is 25.6. The SMILES string of the molecule is CCOc1ccc(NS(=O)(=O)c2cccc(C(=O)NNC(=O)COc3c(C)cccc3C)c2)cc1. The average Bonchev–Trinajstić information content (AvgIpc) is 2.83. The molecular formula is C25H27N3O6S. The standard InChI is InChI=1S/C25H27N3O6S/c1-4-33-21-13-11-20(12-14-21)28-35(31,32)22-10-6-9-19(15-22)25(30)27-26-23(29)16-34-24-17(2)7-5-8-18(24)3/h5-15,28H,4,16H2,1-3H3,(H,26,29)(H,27,30). The fourth-order valence-corrected chi connectivity index (χ4v) is 4.31. The van der Waals surface area contributed by atoms with Crippen molar-refractivity contribution >= 4 is 27.5 Å². The molecule has 3 N–H and O–H groups in total. The molecule has 9 nitrogen and oxygen atoms in total. The number of aryl methyl sites for hydroxylation is 2. The summed E-state index contributed by atoms with van der Waals surface area (Å²) in [6.07, 6.45) is 0. The molecule has 3 aromatic carbocycles. The van der Waals surface area contributed by atoms with Crippen molar-refractivity contribution < 1.29 is 27.5 Å². The van der Waals surface area contributed by atoms with Gasteiger partial charge in [0.25, 0.3) is 21.8 Å². The normalized spacial score (nSPS) is 10.8. The molecule has 0 radical (unpaired) electrons. The zero-order valence-corrected chi connectivity index (χ0v) is 20.4. The number of para-hydroxylation sites is 1. The summed E-state index contributed by atoms with van der Waals surface area (Å²) in [5.41, 5.74) is 6.70. The van der Waals surface area contributed by atoms with E-state index in [-0.39, 0.29) is 17.1 Å². The van der Waals surface area contributed by atoms with Crippen LogP contribution in [0.1, 0.15) is 28.4 Å². The summed E-state index contributed by atoms with van der Waals surface area (Å²) in [6, 6.07) is 17.5. The molecule has 0 heterocycles. The molecule has 35 heavy (non-hydrogen) atoms. The number of hydrogen-bond acceptors (Lipinski definition) is 6. The van der Waals surface area contributed by atoms with Crippen LogP contribution in [-0.2, 0) is 14.8 Å². The van der Waals surface area contributed by atoms with Crippen molar-refractivity contribution in [3.05, 3.63) is 83.4 Å². The highest BCUT2D eigenvalue weighted by atomic mass is 32.2. The van der Waals surface area contributed by atoms with Crippen LogP contribution in [0.2, 0.25) is 0 Å². The lowest BCUT2D eigenvalue weighted by Crippen LogP contribution is -2.43. The zero-order valence-electron chi connectivity index (χ0n) is 19.6. The second-order valence-electron chi connectivity index (χ2n) is 7.60. The monoisotopic (exact) mass is 497 g/mol. The number of carbonyl (C=O) groups is 2. The number of benzene rings is 3. The number of hydrogen-bond donors (Lipinski definition) is 3. The maximum Gasteiger partial charge on any atom is 0.276 e. The first-order valence-electron chi connectivity index (χ1n) is 10.8. The molecule has 3 rings (SSSR count). The quantitative estimate of drug-likeness (QED) is 0.390. The number of amides is 2. The van der Waals surface area contributed by atoms with Crippen LogP contribution in [0.15, 0.2) is 71.6 Å². The van der Waals surface area contributed by atoms with Crippen LogP contribution in [0.25, 0.3) is 0 Å². The summed E-state index contributed by atoms with van der Waals surface area (Å²) in [5.74, 6) is -0.0204. The van der Waals surface area contributed by atoms with Gasteiger partial charge in [-0.15, -0.1) is 0 Å². The summed E-state index contributed by atoms with van der Waals surface area (Å²) in [4.78, 5) is 24.5. The smallest absolute Gasteiger partial charge is 0.276 e. The molecule has 10 heteroatoms. The first-order valence-corrected chi connectivity index (χ1v) is 12.3. The van der Waals surface area contributed by atoms with Gasteiger partial charge in [0, 0.05) is 11.3 Å². The number of ether oxygens (including phenoxy) is 2. The van der Waals surface area contributed by atoms with Crippen LogP contribution >= 0.6 is 0 Å². The van der Waals surface area contributed by atoms with Crippen molar-refractivity contribution in [2.45, 2.75) is 25.7 Å². The molecule has 0 aliphatic rings. The van der Waals surface area contributed by atoms with Crippen molar-refractivity contribution in [2.24, 2.45) is 0 Å². The molecule has 0 aromatic heterocycles. The Kier molecular flexibility index (Phi) is 8.32. The zero-order chi connectivity index (χ0) is 25.4. The van der Waals surface area contributed by atoms with Crippen LogP contribution in [0, 0.1) is 13.8 Å². The second-order valence-corrected chi connectivity index (χ2v) is 9.29. The van der Waals surface area contributed by atoms with Gasteiger partial charge in [-0.3, -0.25) is 25.2 Å². The average molecular weight is 498 g/mol. The third-order valence-electron chi connectivity index (χ3n) is 4.90. The van der Waals surface area contributed by atoms with E-state index in [1.54, 1.807) is 24.3 Å². The van der Waals surface area contributed by atoms with Gasteiger partial charge >= 0.3 is 0 Å². The molecule has 0 atom stereocenters. The minimum atomic E-state index is -3.95. The fourth-order valence-electron chi connectivity index (χ4n) is 3.20. The topological polar surface area (TPSA) is 123 Å². The van der Waals surface area contributed by atoms with E-state index in [9.17, 15) is 18.0 Å². The highest BCUT2D eigenvalue weighted by molar-refractivity contribution is 7.92. The number of rotatable bonds is 9. The molecule has 0 bridgehead atoms. The molecule has 0 aliphatic carbocycles. The predicted molar refractivity (Wildman–Crippen MR) is 132 cm³/mol. The molecule has 184 valence electrons. The minimum absolute atomic E-state index is 0.0514. The van der Waals surface area contributed by atoms with Gasteiger partial charge in [-0.25, -0.2) is 8.42 Å². The van der Waals surface area contributed by atoms with E-state index in [0.717, 1.165) is 11.1 Å². The fraction of sp³-hybridized carbons (Fsp3) is 0.200. The Morgan fingerprint density at radius 2 is 1.51 bits per heavy atom. The van der Waals surface area contributed by atoms with Crippen molar-refractivity contribution in [2.75, 3.05) is 17.9 Å². The lowest BCUT2D eigenvalue weighted by molar-refractivity contribution is -0.123. The van der Waals surface area contributed by atoms with Gasteiger partial charge < -0.3 is 9.47 Å². The van der Waals surface area contributed by atoms with Crippen LogP contribution < -0.4 is 25.0 Å². The molecule has 0 saturated heterocycles. The Labute approximate surface area is 204 Å². The summed E-state index contributed by atoms with van der Waals surface area (Å²) in [6.45, 7) is 5.79. The van der Waals surface area contributed by atoms with E-state index in [4.69, 9.17) is 9.47 Å². The number of anilines is 1. The lowest BCUT2D eigenvalue weighted by atomic mass is 10.1. The first-order chi connectivity index (χ1) is 16.7.